The Morgan fingerprint density at radius 3 is 2.62 bits per heavy atom. The van der Waals surface area contributed by atoms with Gasteiger partial charge in [-0.05, 0) is 42.4 Å². The second-order valence-corrected chi connectivity index (χ2v) is 8.88. The van der Waals surface area contributed by atoms with Crippen molar-refractivity contribution in [3.63, 3.8) is 0 Å². The van der Waals surface area contributed by atoms with E-state index in [4.69, 9.17) is 9.26 Å². The molecule has 1 aliphatic heterocycles. The van der Waals surface area contributed by atoms with E-state index >= 15 is 0 Å². The normalized spacial score (nSPS) is 18.0. The van der Waals surface area contributed by atoms with Gasteiger partial charge in [-0.15, -0.1) is 0 Å². The van der Waals surface area contributed by atoms with Gasteiger partial charge in [-0.2, -0.15) is 0 Å². The highest BCUT2D eigenvalue weighted by molar-refractivity contribution is 5.99. The van der Waals surface area contributed by atoms with Crippen LogP contribution in [-0.2, 0) is 17.6 Å². The number of ether oxygens (including phenoxy) is 1. The van der Waals surface area contributed by atoms with Crippen LogP contribution in [0.3, 0.4) is 0 Å². The number of benzene rings is 1. The quantitative estimate of drug-likeness (QED) is 0.742. The second-order valence-electron chi connectivity index (χ2n) is 8.88. The van der Waals surface area contributed by atoms with Gasteiger partial charge in [-0.1, -0.05) is 31.1 Å². The molecule has 2 heterocycles. The van der Waals surface area contributed by atoms with Crippen LogP contribution in [0.1, 0.15) is 66.9 Å². The number of fused-ring (bicyclic) bond motifs is 1. The van der Waals surface area contributed by atoms with Gasteiger partial charge < -0.3 is 14.2 Å². The van der Waals surface area contributed by atoms with Gasteiger partial charge in [-0.3, -0.25) is 9.59 Å². The fourth-order valence-electron chi connectivity index (χ4n) is 4.23. The zero-order chi connectivity index (χ0) is 20.4. The average Bonchev–Trinajstić information content (AvgIpc) is 3.32. The molecule has 0 spiro atoms. The van der Waals surface area contributed by atoms with E-state index in [1.54, 1.807) is 0 Å². The number of Topliss-reactive ketones (excluding diaryl/α,β-unsaturated/α-hetero) is 1. The summed E-state index contributed by atoms with van der Waals surface area (Å²) in [5.74, 6) is 1.67. The lowest BCUT2D eigenvalue weighted by Crippen LogP contribution is -2.28. The summed E-state index contributed by atoms with van der Waals surface area (Å²) in [6, 6.07) is 7.71. The molecule has 29 heavy (non-hydrogen) atoms. The molecule has 6 heteroatoms. The summed E-state index contributed by atoms with van der Waals surface area (Å²) in [6.07, 6.45) is 4.43. The van der Waals surface area contributed by atoms with Crippen LogP contribution in [-0.4, -0.2) is 41.4 Å². The van der Waals surface area contributed by atoms with Gasteiger partial charge in [0.1, 0.15) is 5.75 Å². The standard InChI is InChI=1S/C23H28N2O4/c1-23(2)14-18-22(19(26)15-23)20(29-24-18)13-16-5-7-17(8-6-16)28-12-9-21(27)25-10-3-4-11-25/h5-8H,3-4,9-15H2,1-2H3. The third kappa shape index (κ3) is 4.52. The Morgan fingerprint density at radius 1 is 1.17 bits per heavy atom. The molecule has 6 nitrogen and oxygen atoms in total. The highest BCUT2D eigenvalue weighted by Crippen LogP contribution is 2.36. The highest BCUT2D eigenvalue weighted by atomic mass is 16.5. The van der Waals surface area contributed by atoms with Crippen LogP contribution in [0.25, 0.3) is 0 Å². The van der Waals surface area contributed by atoms with Crippen molar-refractivity contribution in [3.8, 4) is 5.75 Å². The van der Waals surface area contributed by atoms with E-state index in [0.29, 0.717) is 37.2 Å². The number of hydrogen-bond acceptors (Lipinski definition) is 5. The SMILES string of the molecule is CC1(C)CC(=O)c2c(noc2Cc2ccc(OCCC(=O)N3CCCC3)cc2)C1. The summed E-state index contributed by atoms with van der Waals surface area (Å²) in [5.41, 5.74) is 2.42. The van der Waals surface area contributed by atoms with Crippen molar-refractivity contribution in [3.05, 3.63) is 46.8 Å². The summed E-state index contributed by atoms with van der Waals surface area (Å²) >= 11 is 0. The van der Waals surface area contributed by atoms with E-state index in [9.17, 15) is 9.59 Å². The number of aromatic nitrogens is 1. The number of likely N-dealkylation sites (tertiary alicyclic amines) is 1. The van der Waals surface area contributed by atoms with Crippen LogP contribution >= 0.6 is 0 Å². The number of ketones is 1. The van der Waals surface area contributed by atoms with Gasteiger partial charge in [0.25, 0.3) is 0 Å². The molecule has 0 radical (unpaired) electrons. The van der Waals surface area contributed by atoms with Crippen molar-refractivity contribution in [1.29, 1.82) is 0 Å². The van der Waals surface area contributed by atoms with Crippen LogP contribution in [0.2, 0.25) is 0 Å². The third-order valence-electron chi connectivity index (χ3n) is 5.73. The molecule has 0 unspecified atom stereocenters. The first-order chi connectivity index (χ1) is 13.9. The topological polar surface area (TPSA) is 72.6 Å². The van der Waals surface area contributed by atoms with E-state index in [1.165, 1.54) is 0 Å². The largest absolute Gasteiger partial charge is 0.493 e. The van der Waals surface area contributed by atoms with Gasteiger partial charge in [0, 0.05) is 25.9 Å². The maximum Gasteiger partial charge on any atom is 0.225 e. The Kier molecular flexibility index (Phi) is 5.43. The first kappa shape index (κ1) is 19.7. The van der Waals surface area contributed by atoms with E-state index in [0.717, 1.165) is 49.4 Å². The fourth-order valence-corrected chi connectivity index (χ4v) is 4.23. The molecule has 1 fully saturated rings. The molecular weight excluding hydrogens is 368 g/mol. The summed E-state index contributed by atoms with van der Waals surface area (Å²) in [4.78, 5) is 26.5. The first-order valence-electron chi connectivity index (χ1n) is 10.4. The number of amides is 1. The van der Waals surface area contributed by atoms with Gasteiger partial charge in [0.15, 0.2) is 11.5 Å². The number of carbonyl (C=O) groups excluding carboxylic acids is 2. The van der Waals surface area contributed by atoms with E-state index in [-0.39, 0.29) is 17.1 Å². The molecule has 1 amide bonds. The van der Waals surface area contributed by atoms with Gasteiger partial charge in [-0.25, -0.2) is 0 Å². The Bertz CT molecular complexity index is 892. The van der Waals surface area contributed by atoms with Gasteiger partial charge >= 0.3 is 0 Å². The predicted molar refractivity (Wildman–Crippen MR) is 108 cm³/mol. The number of hydrogen-bond donors (Lipinski definition) is 0. The highest BCUT2D eigenvalue weighted by Gasteiger charge is 2.35. The molecular formula is C23H28N2O4. The molecule has 2 aromatic rings. The molecule has 1 aromatic heterocycles. The summed E-state index contributed by atoms with van der Waals surface area (Å²) in [5, 5.41) is 4.15. The van der Waals surface area contributed by atoms with Crippen molar-refractivity contribution in [2.75, 3.05) is 19.7 Å². The van der Waals surface area contributed by atoms with Crippen LogP contribution in [0.15, 0.2) is 28.8 Å². The van der Waals surface area contributed by atoms with E-state index in [2.05, 4.69) is 19.0 Å². The van der Waals surface area contributed by atoms with Crippen molar-refractivity contribution in [1.82, 2.24) is 10.1 Å². The molecule has 1 aromatic carbocycles. The Morgan fingerprint density at radius 2 is 1.90 bits per heavy atom. The number of carbonyl (C=O) groups is 2. The minimum absolute atomic E-state index is 0.0621. The fraction of sp³-hybridized carbons (Fsp3) is 0.522. The molecule has 0 N–H and O–H groups in total. The lowest BCUT2D eigenvalue weighted by atomic mass is 9.75. The van der Waals surface area contributed by atoms with Crippen LogP contribution in [0, 0.1) is 5.41 Å². The van der Waals surface area contributed by atoms with Crippen molar-refractivity contribution < 1.29 is 18.8 Å². The number of rotatable bonds is 6. The predicted octanol–water partition coefficient (Wildman–Crippen LogP) is 3.81. The van der Waals surface area contributed by atoms with Crippen molar-refractivity contribution >= 4 is 11.7 Å². The molecule has 1 aliphatic carbocycles. The minimum atomic E-state index is -0.0621. The molecule has 0 atom stereocenters. The molecule has 1 saturated heterocycles. The average molecular weight is 396 g/mol. The van der Waals surface area contributed by atoms with Crippen molar-refractivity contribution in [2.24, 2.45) is 5.41 Å². The van der Waals surface area contributed by atoms with Crippen LogP contribution in [0.4, 0.5) is 0 Å². The maximum atomic E-state index is 12.5. The molecule has 4 rings (SSSR count). The maximum absolute atomic E-state index is 12.5. The summed E-state index contributed by atoms with van der Waals surface area (Å²) in [7, 11) is 0. The zero-order valence-electron chi connectivity index (χ0n) is 17.2. The minimum Gasteiger partial charge on any atom is -0.493 e. The summed E-state index contributed by atoms with van der Waals surface area (Å²) in [6.45, 7) is 6.30. The monoisotopic (exact) mass is 396 g/mol. The Labute approximate surface area is 171 Å². The zero-order valence-corrected chi connectivity index (χ0v) is 17.2. The van der Waals surface area contributed by atoms with Gasteiger partial charge in [0.05, 0.1) is 24.3 Å². The summed E-state index contributed by atoms with van der Waals surface area (Å²) < 4.78 is 11.2. The van der Waals surface area contributed by atoms with Crippen LogP contribution < -0.4 is 4.74 Å². The van der Waals surface area contributed by atoms with Gasteiger partial charge in [0.2, 0.25) is 5.91 Å². The van der Waals surface area contributed by atoms with E-state index in [1.807, 2.05) is 29.2 Å². The first-order valence-corrected chi connectivity index (χ1v) is 10.4. The molecule has 0 saturated carbocycles. The third-order valence-corrected chi connectivity index (χ3v) is 5.73. The molecule has 0 bridgehead atoms. The Balaban J connectivity index is 1.33. The lowest BCUT2D eigenvalue weighted by molar-refractivity contribution is -0.130. The van der Waals surface area contributed by atoms with Crippen molar-refractivity contribution in [2.45, 2.75) is 52.4 Å². The molecule has 154 valence electrons. The smallest absolute Gasteiger partial charge is 0.225 e. The van der Waals surface area contributed by atoms with E-state index < -0.39 is 0 Å². The molecule has 2 aliphatic rings. The lowest BCUT2D eigenvalue weighted by Gasteiger charge is -2.26. The number of nitrogens with zero attached hydrogens (tertiary/aromatic N) is 2. The Hall–Kier alpha value is -2.63. The van der Waals surface area contributed by atoms with Crippen LogP contribution in [0.5, 0.6) is 5.75 Å². The second kappa shape index (κ2) is 8.01.